The zero-order valence-electron chi connectivity index (χ0n) is 6.45. The minimum Gasteiger partial charge on any atom is -0.292 e. The molecule has 1 N–H and O–H groups in total. The van der Waals surface area contributed by atoms with Gasteiger partial charge in [0.15, 0.2) is 0 Å². The van der Waals surface area contributed by atoms with E-state index in [1.807, 2.05) is 0 Å². The molecule has 1 fully saturated rings. The SMILES string of the molecule is [CH]1NC2C=c3ccccc3=C2S1. The van der Waals surface area contributed by atoms with Crippen LogP contribution in [0, 0.1) is 5.88 Å². The molecule has 1 saturated heterocycles. The van der Waals surface area contributed by atoms with E-state index in [-0.39, 0.29) is 0 Å². The fourth-order valence-electron chi connectivity index (χ4n) is 1.72. The first kappa shape index (κ1) is 6.75. The summed E-state index contributed by atoms with van der Waals surface area (Å²) in [5.74, 6) is 2.06. The van der Waals surface area contributed by atoms with Crippen LogP contribution in [0.2, 0.25) is 0 Å². The first-order valence-corrected chi connectivity index (χ1v) is 4.88. The summed E-state index contributed by atoms with van der Waals surface area (Å²) in [5, 5.41) is 6.07. The van der Waals surface area contributed by atoms with Crippen molar-refractivity contribution in [1.29, 1.82) is 0 Å². The molecule has 1 aliphatic carbocycles. The highest BCUT2D eigenvalue weighted by atomic mass is 32.2. The van der Waals surface area contributed by atoms with Crippen molar-refractivity contribution in [2.24, 2.45) is 0 Å². The zero-order chi connectivity index (χ0) is 7.97. The molecular formula is C10H8NS. The molecule has 1 atom stereocenters. The zero-order valence-corrected chi connectivity index (χ0v) is 7.27. The molecule has 0 bridgehead atoms. The van der Waals surface area contributed by atoms with Gasteiger partial charge in [-0.1, -0.05) is 30.3 Å². The van der Waals surface area contributed by atoms with E-state index in [1.54, 1.807) is 11.8 Å². The first-order chi connectivity index (χ1) is 5.95. The fourth-order valence-corrected chi connectivity index (χ4v) is 2.66. The number of hydrogen-bond donors (Lipinski definition) is 1. The van der Waals surface area contributed by atoms with E-state index in [9.17, 15) is 0 Å². The van der Waals surface area contributed by atoms with Crippen molar-refractivity contribution in [1.82, 2.24) is 5.32 Å². The second-order valence-electron chi connectivity index (χ2n) is 3.00. The van der Waals surface area contributed by atoms with Gasteiger partial charge in [0.1, 0.15) is 0 Å². The van der Waals surface area contributed by atoms with Gasteiger partial charge in [0.2, 0.25) is 0 Å². The van der Waals surface area contributed by atoms with Gasteiger partial charge in [0, 0.05) is 4.91 Å². The topological polar surface area (TPSA) is 12.0 Å². The molecule has 0 spiro atoms. The summed E-state index contributed by atoms with van der Waals surface area (Å²) in [4.78, 5) is 1.45. The quantitative estimate of drug-likeness (QED) is 0.611. The lowest BCUT2D eigenvalue weighted by molar-refractivity contribution is 0.908. The highest BCUT2D eigenvalue weighted by molar-refractivity contribution is 8.10. The average Bonchev–Trinajstić information content (AvgIpc) is 2.62. The van der Waals surface area contributed by atoms with E-state index in [1.165, 1.54) is 15.3 Å². The van der Waals surface area contributed by atoms with Gasteiger partial charge in [-0.05, 0) is 10.4 Å². The number of thioether (sulfide) groups is 1. The van der Waals surface area contributed by atoms with Crippen LogP contribution >= 0.6 is 11.8 Å². The van der Waals surface area contributed by atoms with Gasteiger partial charge in [0.25, 0.3) is 0 Å². The highest BCUT2D eigenvalue weighted by Gasteiger charge is 2.23. The Morgan fingerprint density at radius 2 is 2.17 bits per heavy atom. The Hall–Kier alpha value is -0.730. The van der Waals surface area contributed by atoms with Gasteiger partial charge in [-0.2, -0.15) is 0 Å². The van der Waals surface area contributed by atoms with Crippen LogP contribution in [-0.4, -0.2) is 6.04 Å². The molecule has 1 nitrogen and oxygen atoms in total. The molecule has 1 aromatic rings. The predicted octanol–water partition coefficient (Wildman–Crippen LogP) is 0.413. The molecule has 0 aromatic heterocycles. The molecular weight excluding hydrogens is 166 g/mol. The smallest absolute Gasteiger partial charge is 0.0838 e. The maximum atomic E-state index is 3.31. The number of hydrogen-bond acceptors (Lipinski definition) is 2. The van der Waals surface area contributed by atoms with Gasteiger partial charge in [-0.15, -0.1) is 11.8 Å². The fraction of sp³-hybridized carbons (Fsp3) is 0.100. The molecule has 0 saturated carbocycles. The maximum absolute atomic E-state index is 3.31. The van der Waals surface area contributed by atoms with Crippen molar-refractivity contribution < 1.29 is 0 Å². The lowest BCUT2D eigenvalue weighted by Gasteiger charge is -1.97. The third-order valence-corrected chi connectivity index (χ3v) is 3.27. The van der Waals surface area contributed by atoms with Crippen LogP contribution in [0.4, 0.5) is 0 Å². The van der Waals surface area contributed by atoms with Crippen molar-refractivity contribution in [3.8, 4) is 0 Å². The molecule has 12 heavy (non-hydrogen) atoms. The molecule has 1 heterocycles. The van der Waals surface area contributed by atoms with Crippen LogP contribution in [0.5, 0.6) is 0 Å². The van der Waals surface area contributed by atoms with E-state index < -0.39 is 0 Å². The van der Waals surface area contributed by atoms with E-state index in [0.29, 0.717) is 6.04 Å². The summed E-state index contributed by atoms with van der Waals surface area (Å²) in [6, 6.07) is 9.00. The third-order valence-electron chi connectivity index (χ3n) is 2.29. The molecule has 2 heteroatoms. The molecule has 1 radical (unpaired) electrons. The van der Waals surface area contributed by atoms with Crippen molar-refractivity contribution >= 4 is 22.7 Å². The Morgan fingerprint density at radius 3 is 3.17 bits per heavy atom. The molecule has 1 aliphatic heterocycles. The van der Waals surface area contributed by atoms with Crippen molar-refractivity contribution in [3.63, 3.8) is 0 Å². The van der Waals surface area contributed by atoms with Crippen LogP contribution in [-0.2, 0) is 0 Å². The van der Waals surface area contributed by atoms with Crippen molar-refractivity contribution in [3.05, 3.63) is 40.6 Å². The highest BCUT2D eigenvalue weighted by Crippen LogP contribution is 2.30. The van der Waals surface area contributed by atoms with Crippen LogP contribution < -0.4 is 15.8 Å². The lowest BCUT2D eigenvalue weighted by Crippen LogP contribution is -2.20. The van der Waals surface area contributed by atoms with Gasteiger partial charge < -0.3 is 0 Å². The molecule has 1 unspecified atom stereocenters. The van der Waals surface area contributed by atoms with E-state index >= 15 is 0 Å². The molecule has 3 rings (SSSR count). The maximum Gasteiger partial charge on any atom is 0.0838 e. The Balaban J connectivity index is 2.42. The number of rotatable bonds is 0. The second kappa shape index (κ2) is 2.38. The number of benzene rings is 1. The summed E-state index contributed by atoms with van der Waals surface area (Å²) < 4.78 is 0. The third kappa shape index (κ3) is 0.793. The number of fused-ring (bicyclic) bond motifs is 2. The van der Waals surface area contributed by atoms with Crippen molar-refractivity contribution in [2.45, 2.75) is 6.04 Å². The first-order valence-electron chi connectivity index (χ1n) is 4.01. The van der Waals surface area contributed by atoms with Crippen LogP contribution in [0.15, 0.2) is 24.3 Å². The van der Waals surface area contributed by atoms with Gasteiger partial charge >= 0.3 is 0 Å². The summed E-state index contributed by atoms with van der Waals surface area (Å²) in [6.45, 7) is 0. The van der Waals surface area contributed by atoms with Crippen LogP contribution in [0.25, 0.3) is 11.0 Å². The Morgan fingerprint density at radius 1 is 1.25 bits per heavy atom. The standard InChI is InChI=1S/C10H8NS/c1-2-4-8-7(3-1)5-9-10(8)12-6-11-9/h1-6,9,11H. The van der Waals surface area contributed by atoms with Gasteiger partial charge in [-0.25, -0.2) is 0 Å². The van der Waals surface area contributed by atoms with Crippen molar-refractivity contribution in [2.75, 3.05) is 0 Å². The summed E-state index contributed by atoms with van der Waals surface area (Å²) in [5.41, 5.74) is 0. The largest absolute Gasteiger partial charge is 0.292 e. The van der Waals surface area contributed by atoms with Gasteiger partial charge in [-0.3, -0.25) is 5.32 Å². The molecule has 1 aromatic carbocycles. The minimum atomic E-state index is 0.451. The summed E-state index contributed by atoms with van der Waals surface area (Å²) in [6.07, 6.45) is 2.28. The molecule has 59 valence electrons. The number of nitrogens with one attached hydrogen (secondary N) is 1. The normalized spacial score (nSPS) is 25.0. The summed E-state index contributed by atoms with van der Waals surface area (Å²) in [7, 11) is 0. The molecule has 0 amide bonds. The predicted molar refractivity (Wildman–Crippen MR) is 52.4 cm³/mol. The van der Waals surface area contributed by atoms with Gasteiger partial charge in [0.05, 0.1) is 11.9 Å². The monoisotopic (exact) mass is 174 g/mol. The van der Waals surface area contributed by atoms with Crippen LogP contribution in [0.3, 0.4) is 0 Å². The Bertz CT molecular complexity index is 435. The molecule has 2 aliphatic rings. The second-order valence-corrected chi connectivity index (χ2v) is 3.91. The van der Waals surface area contributed by atoms with E-state index in [4.69, 9.17) is 0 Å². The minimum absolute atomic E-state index is 0.451. The van der Waals surface area contributed by atoms with E-state index in [0.717, 1.165) is 0 Å². The Labute approximate surface area is 75.2 Å². The lowest BCUT2D eigenvalue weighted by atomic mass is 10.3. The van der Waals surface area contributed by atoms with E-state index in [2.05, 4.69) is 41.5 Å². The average molecular weight is 174 g/mol. The Kier molecular flexibility index (Phi) is 1.34. The summed E-state index contributed by atoms with van der Waals surface area (Å²) >= 11 is 1.80. The van der Waals surface area contributed by atoms with Crippen LogP contribution in [0.1, 0.15) is 0 Å².